The highest BCUT2D eigenvalue weighted by atomic mass is 16.5. The zero-order chi connectivity index (χ0) is 20.2. The Morgan fingerprint density at radius 3 is 2.52 bits per heavy atom. The van der Waals surface area contributed by atoms with E-state index in [0.717, 1.165) is 28.2 Å². The van der Waals surface area contributed by atoms with Crippen molar-refractivity contribution >= 4 is 16.9 Å². The molecule has 0 aliphatic carbocycles. The van der Waals surface area contributed by atoms with Crippen molar-refractivity contribution in [3.63, 3.8) is 0 Å². The van der Waals surface area contributed by atoms with Crippen LogP contribution in [0.4, 0.5) is 0 Å². The molecule has 0 aliphatic heterocycles. The molecule has 29 heavy (non-hydrogen) atoms. The van der Waals surface area contributed by atoms with Gasteiger partial charge in [-0.25, -0.2) is 4.98 Å². The molecule has 6 heteroatoms. The van der Waals surface area contributed by atoms with Gasteiger partial charge in [-0.15, -0.1) is 0 Å². The van der Waals surface area contributed by atoms with E-state index in [2.05, 4.69) is 14.9 Å². The molecule has 0 saturated heterocycles. The summed E-state index contributed by atoms with van der Waals surface area (Å²) in [5, 5.41) is 3.05. The summed E-state index contributed by atoms with van der Waals surface area (Å²) in [5.74, 6) is 1.48. The molecule has 0 saturated carbocycles. The van der Waals surface area contributed by atoms with Gasteiger partial charge in [-0.2, -0.15) is 0 Å². The summed E-state index contributed by atoms with van der Waals surface area (Å²) in [6, 6.07) is 19.1. The van der Waals surface area contributed by atoms with Gasteiger partial charge in [0.1, 0.15) is 11.6 Å². The van der Waals surface area contributed by atoms with Gasteiger partial charge < -0.3 is 14.6 Å². The van der Waals surface area contributed by atoms with Gasteiger partial charge in [0.15, 0.2) is 0 Å². The number of rotatable bonds is 6. The van der Waals surface area contributed by atoms with E-state index in [9.17, 15) is 4.79 Å². The number of carbonyl (C=O) groups excluding carboxylic acids is 1. The zero-order valence-corrected chi connectivity index (χ0v) is 16.4. The van der Waals surface area contributed by atoms with E-state index in [0.29, 0.717) is 12.1 Å². The van der Waals surface area contributed by atoms with Crippen molar-refractivity contribution in [3.05, 3.63) is 90.0 Å². The Morgan fingerprint density at radius 1 is 1.07 bits per heavy atom. The second-order valence-electron chi connectivity index (χ2n) is 6.82. The number of carbonyl (C=O) groups is 1. The number of benzene rings is 2. The van der Waals surface area contributed by atoms with Crippen LogP contribution in [-0.4, -0.2) is 27.6 Å². The molecule has 1 unspecified atom stereocenters. The quantitative estimate of drug-likeness (QED) is 0.544. The predicted molar refractivity (Wildman–Crippen MR) is 112 cm³/mol. The van der Waals surface area contributed by atoms with Crippen molar-refractivity contribution in [2.45, 2.75) is 19.5 Å². The van der Waals surface area contributed by atoms with Crippen LogP contribution >= 0.6 is 0 Å². The fourth-order valence-electron chi connectivity index (χ4n) is 3.35. The van der Waals surface area contributed by atoms with Gasteiger partial charge in [0.25, 0.3) is 5.91 Å². The summed E-state index contributed by atoms with van der Waals surface area (Å²) in [6.07, 6.45) is 3.22. The topological polar surface area (TPSA) is 69.0 Å². The highest BCUT2D eigenvalue weighted by Crippen LogP contribution is 2.23. The van der Waals surface area contributed by atoms with Gasteiger partial charge in [0.05, 0.1) is 24.2 Å². The molecule has 0 bridgehead atoms. The first-order chi connectivity index (χ1) is 14.2. The zero-order valence-electron chi connectivity index (χ0n) is 16.4. The number of pyridine rings is 1. The van der Waals surface area contributed by atoms with Crippen molar-refractivity contribution in [2.24, 2.45) is 0 Å². The molecule has 1 N–H and O–H groups in total. The molecular formula is C23H22N4O2. The van der Waals surface area contributed by atoms with E-state index in [1.165, 1.54) is 0 Å². The number of hydrogen-bond donors (Lipinski definition) is 1. The van der Waals surface area contributed by atoms with Crippen LogP contribution < -0.4 is 10.1 Å². The van der Waals surface area contributed by atoms with Gasteiger partial charge in [-0.3, -0.25) is 9.78 Å². The van der Waals surface area contributed by atoms with Crippen molar-refractivity contribution in [2.75, 3.05) is 7.11 Å². The fraction of sp³-hybridized carbons (Fsp3) is 0.174. The molecule has 2 aromatic heterocycles. The molecule has 2 aromatic carbocycles. The molecule has 1 amide bonds. The summed E-state index contributed by atoms with van der Waals surface area (Å²) < 4.78 is 7.40. The molecule has 146 valence electrons. The van der Waals surface area contributed by atoms with E-state index in [1.54, 1.807) is 31.6 Å². The Morgan fingerprint density at radius 2 is 1.79 bits per heavy atom. The Kier molecular flexibility index (Phi) is 5.24. The molecule has 4 rings (SSSR count). The number of fused-ring (bicyclic) bond motifs is 1. The van der Waals surface area contributed by atoms with Crippen LogP contribution in [0, 0.1) is 0 Å². The smallest absolute Gasteiger partial charge is 0.251 e. The predicted octanol–water partition coefficient (Wildman–Crippen LogP) is 3.98. The number of imidazole rings is 1. The third-order valence-corrected chi connectivity index (χ3v) is 4.86. The lowest BCUT2D eigenvalue weighted by Crippen LogP contribution is -2.28. The van der Waals surface area contributed by atoms with Crippen LogP contribution in [0.2, 0.25) is 0 Å². The molecule has 0 radical (unpaired) electrons. The first-order valence-corrected chi connectivity index (χ1v) is 9.44. The number of amides is 1. The van der Waals surface area contributed by atoms with E-state index in [4.69, 9.17) is 9.72 Å². The Labute approximate surface area is 169 Å². The third kappa shape index (κ3) is 3.96. The normalized spacial score (nSPS) is 11.9. The minimum atomic E-state index is -0.263. The second-order valence-corrected chi connectivity index (χ2v) is 6.82. The van der Waals surface area contributed by atoms with Gasteiger partial charge in [-0.1, -0.05) is 24.3 Å². The van der Waals surface area contributed by atoms with Gasteiger partial charge in [0, 0.05) is 24.5 Å². The molecule has 1 atom stereocenters. The highest BCUT2D eigenvalue weighted by Gasteiger charge is 2.19. The summed E-state index contributed by atoms with van der Waals surface area (Å²) in [7, 11) is 1.66. The first-order valence-electron chi connectivity index (χ1n) is 9.44. The molecule has 0 aliphatic rings. The minimum Gasteiger partial charge on any atom is -0.497 e. The largest absolute Gasteiger partial charge is 0.497 e. The molecule has 2 heterocycles. The lowest BCUT2D eigenvalue weighted by atomic mass is 10.2. The SMILES string of the molecule is COc1ccc(Cn2c(C(C)NC(=O)c3ccncc3)nc3ccccc32)cc1. The minimum absolute atomic E-state index is 0.150. The summed E-state index contributed by atoms with van der Waals surface area (Å²) in [6.45, 7) is 2.60. The van der Waals surface area contributed by atoms with Crippen molar-refractivity contribution < 1.29 is 9.53 Å². The molecule has 4 aromatic rings. The average Bonchev–Trinajstić information content (AvgIpc) is 3.13. The maximum absolute atomic E-state index is 12.6. The first kappa shape index (κ1) is 18.7. The number of methoxy groups -OCH3 is 1. The maximum Gasteiger partial charge on any atom is 0.251 e. The summed E-state index contributed by atoms with van der Waals surface area (Å²) in [4.78, 5) is 21.4. The van der Waals surface area contributed by atoms with Crippen molar-refractivity contribution in [1.82, 2.24) is 19.9 Å². The number of ether oxygens (including phenoxy) is 1. The molecule has 6 nitrogen and oxygen atoms in total. The van der Waals surface area contributed by atoms with Gasteiger partial charge in [0.2, 0.25) is 0 Å². The Balaban J connectivity index is 1.66. The number of aromatic nitrogens is 3. The van der Waals surface area contributed by atoms with Gasteiger partial charge in [-0.05, 0) is 48.9 Å². The number of nitrogens with one attached hydrogen (secondary N) is 1. The second kappa shape index (κ2) is 8.14. The van der Waals surface area contributed by atoms with Crippen LogP contribution in [0.1, 0.15) is 34.7 Å². The number of hydrogen-bond acceptors (Lipinski definition) is 4. The number of nitrogens with zero attached hydrogens (tertiary/aromatic N) is 3. The van der Waals surface area contributed by atoms with Crippen LogP contribution in [0.5, 0.6) is 5.75 Å². The van der Waals surface area contributed by atoms with Crippen LogP contribution in [0.3, 0.4) is 0 Å². The van der Waals surface area contributed by atoms with Crippen LogP contribution in [0.25, 0.3) is 11.0 Å². The Hall–Kier alpha value is -3.67. The monoisotopic (exact) mass is 386 g/mol. The van der Waals surface area contributed by atoms with E-state index in [1.807, 2.05) is 55.5 Å². The van der Waals surface area contributed by atoms with Crippen molar-refractivity contribution in [1.29, 1.82) is 0 Å². The third-order valence-electron chi connectivity index (χ3n) is 4.86. The van der Waals surface area contributed by atoms with E-state index >= 15 is 0 Å². The maximum atomic E-state index is 12.6. The van der Waals surface area contributed by atoms with Crippen molar-refractivity contribution in [3.8, 4) is 5.75 Å². The lowest BCUT2D eigenvalue weighted by Gasteiger charge is -2.17. The average molecular weight is 386 g/mol. The Bertz CT molecular complexity index is 1120. The highest BCUT2D eigenvalue weighted by molar-refractivity contribution is 5.94. The fourth-order valence-corrected chi connectivity index (χ4v) is 3.35. The van der Waals surface area contributed by atoms with E-state index in [-0.39, 0.29) is 11.9 Å². The van der Waals surface area contributed by atoms with Gasteiger partial charge >= 0.3 is 0 Å². The number of para-hydroxylation sites is 2. The van der Waals surface area contributed by atoms with Crippen LogP contribution in [0.15, 0.2) is 73.1 Å². The lowest BCUT2D eigenvalue weighted by molar-refractivity contribution is 0.0937. The van der Waals surface area contributed by atoms with Crippen LogP contribution in [-0.2, 0) is 6.54 Å². The molecular weight excluding hydrogens is 364 g/mol. The molecule has 0 spiro atoms. The molecule has 0 fully saturated rings. The van der Waals surface area contributed by atoms with E-state index < -0.39 is 0 Å². The summed E-state index contributed by atoms with van der Waals surface area (Å²) in [5.41, 5.74) is 3.64. The standard InChI is InChI=1S/C23H22N4O2/c1-16(25-23(28)18-11-13-24-14-12-18)22-26-20-5-3-4-6-21(20)27(22)15-17-7-9-19(29-2)10-8-17/h3-14,16H,15H2,1-2H3,(H,25,28). The summed E-state index contributed by atoms with van der Waals surface area (Å²) >= 11 is 0.